The Morgan fingerprint density at radius 3 is 2.82 bits per heavy atom. The van der Waals surface area contributed by atoms with Crippen molar-refractivity contribution >= 4 is 23.2 Å². The summed E-state index contributed by atoms with van der Waals surface area (Å²) in [5.74, 6) is -0.144. The van der Waals surface area contributed by atoms with Gasteiger partial charge in [-0.3, -0.25) is 14.5 Å². The molecule has 1 heterocycles. The Morgan fingerprint density at radius 1 is 1.36 bits per heavy atom. The number of benzene rings is 1. The van der Waals surface area contributed by atoms with E-state index in [-0.39, 0.29) is 24.4 Å². The van der Waals surface area contributed by atoms with Gasteiger partial charge in [-0.25, -0.2) is 0 Å². The minimum atomic E-state index is -0.266. The van der Waals surface area contributed by atoms with Crippen molar-refractivity contribution in [2.45, 2.75) is 46.1 Å². The SMILES string of the molecule is CCCCNC(=O)CN1C(=O)C(CC)Nc2cc(C)ccc21. The number of anilines is 2. The summed E-state index contributed by atoms with van der Waals surface area (Å²) >= 11 is 0. The van der Waals surface area contributed by atoms with Crippen LogP contribution in [0.5, 0.6) is 0 Å². The van der Waals surface area contributed by atoms with E-state index in [1.807, 2.05) is 32.0 Å². The number of amides is 2. The fourth-order valence-corrected chi connectivity index (χ4v) is 2.60. The van der Waals surface area contributed by atoms with Gasteiger partial charge in [-0.05, 0) is 37.5 Å². The first-order valence-corrected chi connectivity index (χ1v) is 8.02. The summed E-state index contributed by atoms with van der Waals surface area (Å²) in [5.41, 5.74) is 2.83. The topological polar surface area (TPSA) is 61.4 Å². The first kappa shape index (κ1) is 16.3. The quantitative estimate of drug-likeness (QED) is 0.794. The van der Waals surface area contributed by atoms with Crippen molar-refractivity contribution in [3.63, 3.8) is 0 Å². The average molecular weight is 303 g/mol. The smallest absolute Gasteiger partial charge is 0.250 e. The summed E-state index contributed by atoms with van der Waals surface area (Å²) in [6.07, 6.45) is 2.68. The molecule has 1 unspecified atom stereocenters. The van der Waals surface area contributed by atoms with Gasteiger partial charge in [0.2, 0.25) is 11.8 Å². The van der Waals surface area contributed by atoms with Crippen molar-refractivity contribution in [1.82, 2.24) is 5.32 Å². The molecule has 0 saturated heterocycles. The molecule has 0 bridgehead atoms. The predicted octanol–water partition coefficient (Wildman–Crippen LogP) is 2.45. The van der Waals surface area contributed by atoms with Crippen LogP contribution in [0.25, 0.3) is 0 Å². The number of carbonyl (C=O) groups is 2. The highest BCUT2D eigenvalue weighted by molar-refractivity contribution is 6.07. The first-order chi connectivity index (χ1) is 10.6. The number of aryl methyl sites for hydroxylation is 1. The van der Waals surface area contributed by atoms with Gasteiger partial charge in [0.25, 0.3) is 0 Å². The van der Waals surface area contributed by atoms with E-state index in [1.54, 1.807) is 4.90 Å². The fraction of sp³-hybridized carbons (Fsp3) is 0.529. The lowest BCUT2D eigenvalue weighted by atomic mass is 10.1. The van der Waals surface area contributed by atoms with Crippen molar-refractivity contribution in [3.05, 3.63) is 23.8 Å². The summed E-state index contributed by atoms with van der Waals surface area (Å²) in [5, 5.41) is 6.14. The first-order valence-electron chi connectivity index (χ1n) is 8.02. The number of hydrogen-bond acceptors (Lipinski definition) is 3. The van der Waals surface area contributed by atoms with Gasteiger partial charge >= 0.3 is 0 Å². The molecule has 1 aliphatic rings. The molecule has 0 fully saturated rings. The Kier molecular flexibility index (Phi) is 5.41. The highest BCUT2D eigenvalue weighted by atomic mass is 16.2. The van der Waals surface area contributed by atoms with Crippen molar-refractivity contribution in [1.29, 1.82) is 0 Å². The number of unbranched alkanes of at least 4 members (excludes halogenated alkanes) is 1. The Labute approximate surface area is 132 Å². The molecule has 5 heteroatoms. The molecular formula is C17H25N3O2. The standard InChI is InChI=1S/C17H25N3O2/c1-4-6-9-18-16(21)11-20-15-8-7-12(3)10-14(15)19-13(5-2)17(20)22/h7-8,10,13,19H,4-6,9,11H2,1-3H3,(H,18,21). The normalized spacial score (nSPS) is 17.0. The Hall–Kier alpha value is -2.04. The fourth-order valence-electron chi connectivity index (χ4n) is 2.60. The second-order valence-corrected chi connectivity index (χ2v) is 5.75. The van der Waals surface area contributed by atoms with E-state index in [9.17, 15) is 9.59 Å². The van der Waals surface area contributed by atoms with E-state index in [4.69, 9.17) is 0 Å². The molecule has 1 aromatic carbocycles. The van der Waals surface area contributed by atoms with Crippen LogP contribution in [0.2, 0.25) is 0 Å². The van der Waals surface area contributed by atoms with Gasteiger partial charge in [0, 0.05) is 6.54 Å². The van der Waals surface area contributed by atoms with E-state index >= 15 is 0 Å². The minimum absolute atomic E-state index is 0.0375. The zero-order valence-electron chi connectivity index (χ0n) is 13.6. The van der Waals surface area contributed by atoms with Gasteiger partial charge < -0.3 is 10.6 Å². The van der Waals surface area contributed by atoms with Crippen LogP contribution in [0.4, 0.5) is 11.4 Å². The van der Waals surface area contributed by atoms with E-state index in [0.29, 0.717) is 13.0 Å². The lowest BCUT2D eigenvalue weighted by Gasteiger charge is -2.34. The Balaban J connectivity index is 2.17. The van der Waals surface area contributed by atoms with Crippen LogP contribution in [0, 0.1) is 6.92 Å². The number of nitrogens with zero attached hydrogens (tertiary/aromatic N) is 1. The average Bonchev–Trinajstić information content (AvgIpc) is 2.50. The summed E-state index contributed by atoms with van der Waals surface area (Å²) in [6.45, 7) is 6.80. The van der Waals surface area contributed by atoms with Crippen LogP contribution < -0.4 is 15.5 Å². The summed E-state index contributed by atoms with van der Waals surface area (Å²) in [6, 6.07) is 5.62. The maximum absolute atomic E-state index is 12.6. The molecule has 22 heavy (non-hydrogen) atoms. The molecular weight excluding hydrogens is 278 g/mol. The third-order valence-corrected chi connectivity index (χ3v) is 3.90. The molecule has 5 nitrogen and oxygen atoms in total. The van der Waals surface area contributed by atoms with Crippen molar-refractivity contribution in [3.8, 4) is 0 Å². The predicted molar refractivity (Wildman–Crippen MR) is 89.2 cm³/mol. The molecule has 0 spiro atoms. The van der Waals surface area contributed by atoms with Crippen LogP contribution in [-0.2, 0) is 9.59 Å². The third-order valence-electron chi connectivity index (χ3n) is 3.90. The van der Waals surface area contributed by atoms with E-state index in [0.717, 1.165) is 29.8 Å². The summed E-state index contributed by atoms with van der Waals surface area (Å²) in [7, 11) is 0. The highest BCUT2D eigenvalue weighted by Crippen LogP contribution is 2.32. The monoisotopic (exact) mass is 303 g/mol. The van der Waals surface area contributed by atoms with Gasteiger partial charge in [-0.1, -0.05) is 26.3 Å². The summed E-state index contributed by atoms with van der Waals surface area (Å²) < 4.78 is 0. The van der Waals surface area contributed by atoms with Crippen LogP contribution in [0.3, 0.4) is 0 Å². The van der Waals surface area contributed by atoms with Gasteiger partial charge in [0.05, 0.1) is 11.4 Å². The lowest BCUT2D eigenvalue weighted by molar-refractivity contribution is -0.124. The molecule has 1 aromatic rings. The van der Waals surface area contributed by atoms with Crippen LogP contribution in [-0.4, -0.2) is 30.9 Å². The maximum Gasteiger partial charge on any atom is 0.250 e. The zero-order chi connectivity index (χ0) is 16.1. The van der Waals surface area contributed by atoms with E-state index < -0.39 is 0 Å². The van der Waals surface area contributed by atoms with E-state index in [1.165, 1.54) is 0 Å². The van der Waals surface area contributed by atoms with Crippen LogP contribution in [0.1, 0.15) is 38.7 Å². The van der Waals surface area contributed by atoms with Gasteiger partial charge in [0.1, 0.15) is 12.6 Å². The minimum Gasteiger partial charge on any atom is -0.372 e. The van der Waals surface area contributed by atoms with Gasteiger partial charge in [-0.15, -0.1) is 0 Å². The number of rotatable bonds is 6. The molecule has 0 aliphatic carbocycles. The molecule has 1 atom stereocenters. The highest BCUT2D eigenvalue weighted by Gasteiger charge is 2.32. The Morgan fingerprint density at radius 2 is 2.14 bits per heavy atom. The number of nitrogens with one attached hydrogen (secondary N) is 2. The molecule has 2 N–H and O–H groups in total. The number of carbonyl (C=O) groups excluding carboxylic acids is 2. The van der Waals surface area contributed by atoms with Crippen LogP contribution >= 0.6 is 0 Å². The molecule has 120 valence electrons. The van der Waals surface area contributed by atoms with Crippen molar-refractivity contribution in [2.24, 2.45) is 0 Å². The molecule has 0 saturated carbocycles. The molecule has 2 rings (SSSR count). The van der Waals surface area contributed by atoms with Crippen molar-refractivity contribution < 1.29 is 9.59 Å². The van der Waals surface area contributed by atoms with Crippen molar-refractivity contribution in [2.75, 3.05) is 23.3 Å². The van der Waals surface area contributed by atoms with Gasteiger partial charge in [0.15, 0.2) is 0 Å². The second kappa shape index (κ2) is 7.29. The number of hydrogen-bond donors (Lipinski definition) is 2. The largest absolute Gasteiger partial charge is 0.372 e. The van der Waals surface area contributed by atoms with Gasteiger partial charge in [-0.2, -0.15) is 0 Å². The summed E-state index contributed by atoms with van der Waals surface area (Å²) in [4.78, 5) is 26.2. The molecule has 0 aromatic heterocycles. The lowest BCUT2D eigenvalue weighted by Crippen LogP contribution is -2.50. The Bertz CT molecular complexity index is 557. The van der Waals surface area contributed by atoms with Crippen LogP contribution in [0.15, 0.2) is 18.2 Å². The second-order valence-electron chi connectivity index (χ2n) is 5.75. The van der Waals surface area contributed by atoms with E-state index in [2.05, 4.69) is 17.6 Å². The maximum atomic E-state index is 12.6. The molecule has 1 aliphatic heterocycles. The zero-order valence-corrected chi connectivity index (χ0v) is 13.6. The number of fused-ring (bicyclic) bond motifs is 1. The molecule has 0 radical (unpaired) electrons. The molecule has 2 amide bonds. The third kappa shape index (κ3) is 3.59.